The van der Waals surface area contributed by atoms with Gasteiger partial charge in [-0.05, 0) is 12.1 Å². The summed E-state index contributed by atoms with van der Waals surface area (Å²) in [6, 6.07) is 3.23. The second kappa shape index (κ2) is 5.71. The minimum absolute atomic E-state index is 0.355. The Labute approximate surface area is 127 Å². The van der Waals surface area contributed by atoms with Crippen molar-refractivity contribution in [3.8, 4) is 0 Å². The minimum atomic E-state index is -4.68. The summed E-state index contributed by atoms with van der Waals surface area (Å²) in [7, 11) is 1.05. The number of imide groups is 2. The number of carbonyl (C=O) groups is 4. The van der Waals surface area contributed by atoms with Crippen LogP contribution in [0.15, 0.2) is 24.3 Å². The summed E-state index contributed by atoms with van der Waals surface area (Å²) in [6.45, 7) is -0.861. The number of nitrogens with one attached hydrogen (secondary N) is 1. The van der Waals surface area contributed by atoms with Crippen LogP contribution in [0.1, 0.15) is 5.56 Å². The average Bonchev–Trinajstić information content (AvgIpc) is 2.64. The number of alkyl halides is 3. The molecule has 0 atom stereocenters. The molecule has 0 spiro atoms. The van der Waals surface area contributed by atoms with Gasteiger partial charge in [-0.25, -0.2) is 9.69 Å². The predicted molar refractivity (Wildman–Crippen MR) is 70.0 cm³/mol. The normalized spacial score (nSPS) is 15.4. The van der Waals surface area contributed by atoms with Crippen LogP contribution < -0.4 is 5.32 Å². The van der Waals surface area contributed by atoms with Crippen LogP contribution in [0.5, 0.6) is 0 Å². The van der Waals surface area contributed by atoms with Crippen molar-refractivity contribution >= 4 is 29.4 Å². The number of benzene rings is 1. The van der Waals surface area contributed by atoms with E-state index in [4.69, 9.17) is 0 Å². The maximum absolute atomic E-state index is 12.8. The molecule has 23 heavy (non-hydrogen) atoms. The molecule has 0 bridgehead atoms. The van der Waals surface area contributed by atoms with Gasteiger partial charge in [-0.1, -0.05) is 12.1 Å². The highest BCUT2D eigenvalue weighted by atomic mass is 19.4. The largest absolute Gasteiger partial charge is 0.418 e. The summed E-state index contributed by atoms with van der Waals surface area (Å²) in [5.74, 6) is -3.36. The van der Waals surface area contributed by atoms with E-state index in [2.05, 4.69) is 0 Å². The van der Waals surface area contributed by atoms with Crippen LogP contribution >= 0.6 is 0 Å². The number of anilines is 1. The van der Waals surface area contributed by atoms with Crippen molar-refractivity contribution in [1.82, 2.24) is 9.80 Å². The fourth-order valence-electron chi connectivity index (χ4n) is 1.93. The smallest absolute Gasteiger partial charge is 0.324 e. The van der Waals surface area contributed by atoms with Crippen molar-refractivity contribution in [3.63, 3.8) is 0 Å². The Balaban J connectivity index is 2.14. The number of rotatable bonds is 3. The SMILES string of the molecule is CN1C(=O)C(=O)N(CC(=O)Nc2ccccc2C(F)(F)F)C1=O. The highest BCUT2D eigenvalue weighted by Gasteiger charge is 2.43. The quantitative estimate of drug-likeness (QED) is 0.664. The van der Waals surface area contributed by atoms with Crippen molar-refractivity contribution in [2.45, 2.75) is 6.18 Å². The van der Waals surface area contributed by atoms with Gasteiger partial charge in [0.05, 0.1) is 11.3 Å². The van der Waals surface area contributed by atoms with Crippen molar-refractivity contribution in [3.05, 3.63) is 29.8 Å². The van der Waals surface area contributed by atoms with Crippen LogP contribution in [0.4, 0.5) is 23.7 Å². The second-order valence-corrected chi connectivity index (χ2v) is 4.63. The average molecular weight is 329 g/mol. The van der Waals surface area contributed by atoms with Crippen LogP contribution in [0.3, 0.4) is 0 Å². The fourth-order valence-corrected chi connectivity index (χ4v) is 1.93. The van der Waals surface area contributed by atoms with E-state index in [1.807, 2.05) is 5.32 Å². The van der Waals surface area contributed by atoms with Gasteiger partial charge < -0.3 is 5.32 Å². The maximum Gasteiger partial charge on any atom is 0.418 e. The number of urea groups is 1. The lowest BCUT2D eigenvalue weighted by atomic mass is 10.1. The van der Waals surface area contributed by atoms with E-state index in [1.165, 1.54) is 6.07 Å². The first-order valence-electron chi connectivity index (χ1n) is 6.22. The molecule has 1 aromatic carbocycles. The fraction of sp³-hybridized carbons (Fsp3) is 0.231. The molecule has 1 aliphatic heterocycles. The first-order chi connectivity index (χ1) is 10.6. The summed E-state index contributed by atoms with van der Waals surface area (Å²) in [5.41, 5.74) is -1.58. The van der Waals surface area contributed by atoms with Crippen LogP contribution in [0.2, 0.25) is 0 Å². The standard InChI is InChI=1S/C13H10F3N3O4/c1-18-10(21)11(22)19(12(18)23)6-9(20)17-8-5-3-2-4-7(8)13(14,15)16/h2-5H,6H2,1H3,(H,17,20). The molecule has 0 aromatic heterocycles. The van der Waals surface area contributed by atoms with Gasteiger partial charge in [-0.15, -0.1) is 0 Å². The number of para-hydroxylation sites is 1. The topological polar surface area (TPSA) is 86.8 Å². The highest BCUT2D eigenvalue weighted by Crippen LogP contribution is 2.34. The number of halogens is 3. The molecular weight excluding hydrogens is 319 g/mol. The lowest BCUT2D eigenvalue weighted by molar-refractivity contribution is -0.143. The molecule has 10 heteroatoms. The van der Waals surface area contributed by atoms with Gasteiger partial charge >= 0.3 is 24.0 Å². The van der Waals surface area contributed by atoms with Gasteiger partial charge in [0.15, 0.2) is 0 Å². The van der Waals surface area contributed by atoms with Gasteiger partial charge in [0.25, 0.3) is 0 Å². The predicted octanol–water partition coefficient (Wildman–Crippen LogP) is 1.06. The molecule has 7 nitrogen and oxygen atoms in total. The summed E-state index contributed by atoms with van der Waals surface area (Å²) in [5, 5.41) is 1.98. The number of carbonyl (C=O) groups excluding carboxylic acids is 4. The Bertz CT molecular complexity index is 702. The van der Waals surface area contributed by atoms with E-state index in [0.29, 0.717) is 9.80 Å². The summed E-state index contributed by atoms with van der Waals surface area (Å²) in [4.78, 5) is 47.0. The molecule has 1 fully saturated rings. The third-order valence-corrected chi connectivity index (χ3v) is 3.06. The Morgan fingerprint density at radius 3 is 2.26 bits per heavy atom. The molecule has 1 N–H and O–H groups in total. The summed E-state index contributed by atoms with van der Waals surface area (Å²) in [6.07, 6.45) is -4.68. The third-order valence-electron chi connectivity index (χ3n) is 3.06. The molecule has 1 aromatic rings. The van der Waals surface area contributed by atoms with Gasteiger partial charge in [0.2, 0.25) is 5.91 Å². The van der Waals surface area contributed by atoms with E-state index in [1.54, 1.807) is 0 Å². The van der Waals surface area contributed by atoms with Gasteiger partial charge in [0.1, 0.15) is 6.54 Å². The molecule has 0 aliphatic carbocycles. The highest BCUT2D eigenvalue weighted by molar-refractivity contribution is 6.44. The van der Waals surface area contributed by atoms with Gasteiger partial charge in [-0.2, -0.15) is 13.2 Å². The Morgan fingerprint density at radius 2 is 1.74 bits per heavy atom. The molecule has 2 rings (SSSR count). The van der Waals surface area contributed by atoms with E-state index < -0.39 is 47.7 Å². The van der Waals surface area contributed by atoms with Crippen LogP contribution in [-0.2, 0) is 20.6 Å². The van der Waals surface area contributed by atoms with E-state index >= 15 is 0 Å². The maximum atomic E-state index is 12.8. The van der Waals surface area contributed by atoms with Crippen LogP contribution in [-0.4, -0.2) is 47.1 Å². The Kier molecular flexibility index (Phi) is 4.08. The van der Waals surface area contributed by atoms with Crippen molar-refractivity contribution in [2.24, 2.45) is 0 Å². The molecule has 0 saturated carbocycles. The van der Waals surface area contributed by atoms with Crippen LogP contribution in [0.25, 0.3) is 0 Å². The molecule has 1 saturated heterocycles. The van der Waals surface area contributed by atoms with Crippen LogP contribution in [0, 0.1) is 0 Å². The molecule has 1 aliphatic rings. The third kappa shape index (κ3) is 3.15. The molecule has 5 amide bonds. The Morgan fingerprint density at radius 1 is 1.13 bits per heavy atom. The van der Waals surface area contributed by atoms with E-state index in [-0.39, 0.29) is 0 Å². The number of amides is 5. The monoisotopic (exact) mass is 329 g/mol. The molecule has 122 valence electrons. The summed E-state index contributed by atoms with van der Waals surface area (Å²) >= 11 is 0. The Hall–Kier alpha value is -2.91. The van der Waals surface area contributed by atoms with E-state index in [9.17, 15) is 32.3 Å². The lowest BCUT2D eigenvalue weighted by Crippen LogP contribution is -2.38. The molecule has 1 heterocycles. The molecule has 0 unspecified atom stereocenters. The minimum Gasteiger partial charge on any atom is -0.324 e. The first kappa shape index (κ1) is 16.5. The van der Waals surface area contributed by atoms with Crippen molar-refractivity contribution in [2.75, 3.05) is 18.9 Å². The lowest BCUT2D eigenvalue weighted by Gasteiger charge is -2.15. The van der Waals surface area contributed by atoms with Crippen molar-refractivity contribution < 1.29 is 32.3 Å². The zero-order valence-electron chi connectivity index (χ0n) is 11.7. The number of nitrogens with zero attached hydrogens (tertiary/aromatic N) is 2. The first-order valence-corrected chi connectivity index (χ1v) is 6.22. The number of hydrogen-bond donors (Lipinski definition) is 1. The number of hydrogen-bond acceptors (Lipinski definition) is 4. The molecular formula is C13H10F3N3O4. The zero-order chi connectivity index (χ0) is 17.4. The van der Waals surface area contributed by atoms with Gasteiger partial charge in [0, 0.05) is 7.05 Å². The molecule has 0 radical (unpaired) electrons. The number of likely N-dealkylation sites (N-methyl/N-ethyl adjacent to an activating group) is 1. The van der Waals surface area contributed by atoms with Gasteiger partial charge in [-0.3, -0.25) is 19.3 Å². The summed E-state index contributed by atoms with van der Waals surface area (Å²) < 4.78 is 38.4. The van der Waals surface area contributed by atoms with E-state index in [0.717, 1.165) is 25.2 Å². The zero-order valence-corrected chi connectivity index (χ0v) is 11.7. The second-order valence-electron chi connectivity index (χ2n) is 4.63. The van der Waals surface area contributed by atoms with Crippen molar-refractivity contribution in [1.29, 1.82) is 0 Å².